The summed E-state index contributed by atoms with van der Waals surface area (Å²) >= 11 is 0. The number of nitrogens with zero attached hydrogens (tertiary/aromatic N) is 4. The van der Waals surface area contributed by atoms with Gasteiger partial charge in [0.25, 0.3) is 0 Å². The zero-order chi connectivity index (χ0) is 51.2. The number of benzene rings is 1. The van der Waals surface area contributed by atoms with Crippen molar-refractivity contribution in [2.75, 3.05) is 60.3 Å². The third-order valence-electron chi connectivity index (χ3n) is 13.5. The number of anilines is 1. The molecule has 384 valence electrons. The molecule has 0 aliphatic carbocycles. The molecule has 18 heteroatoms. The van der Waals surface area contributed by atoms with E-state index in [2.05, 4.69) is 21.3 Å². The number of ether oxygens (including phenoxy) is 3. The Labute approximate surface area is 405 Å². The van der Waals surface area contributed by atoms with Crippen molar-refractivity contribution >= 4 is 47.2 Å². The van der Waals surface area contributed by atoms with Crippen LogP contribution in [0.1, 0.15) is 113 Å². The first kappa shape index (κ1) is 57.5. The van der Waals surface area contributed by atoms with Crippen LogP contribution >= 0.6 is 0 Å². The van der Waals surface area contributed by atoms with Gasteiger partial charge in [0.1, 0.15) is 23.7 Å². The maximum atomic E-state index is 14.4. The maximum absolute atomic E-state index is 14.4. The van der Waals surface area contributed by atoms with Crippen LogP contribution in [0.5, 0.6) is 0 Å². The average molecular weight is 957 g/mol. The summed E-state index contributed by atoms with van der Waals surface area (Å²) in [6.45, 7) is 19.6. The van der Waals surface area contributed by atoms with Crippen LogP contribution in [0.4, 0.5) is 10.5 Å². The Hall–Kier alpha value is -4.81. The third-order valence-corrected chi connectivity index (χ3v) is 13.5. The molecule has 2 heterocycles. The van der Waals surface area contributed by atoms with Gasteiger partial charge >= 0.3 is 6.09 Å². The summed E-state index contributed by atoms with van der Waals surface area (Å²) in [4.78, 5) is 101. The number of likely N-dealkylation sites (N-methyl/N-ethyl adjacent to an activating group) is 3. The molecule has 0 spiro atoms. The van der Waals surface area contributed by atoms with Crippen molar-refractivity contribution in [3.05, 3.63) is 29.8 Å². The molecule has 0 radical (unpaired) electrons. The molecule has 1 aromatic carbocycles. The van der Waals surface area contributed by atoms with E-state index in [1.54, 1.807) is 77.9 Å². The van der Waals surface area contributed by atoms with E-state index in [1.807, 2.05) is 63.6 Å². The average Bonchev–Trinajstić information content (AvgIpc) is 3.95. The van der Waals surface area contributed by atoms with Gasteiger partial charge in [-0.2, -0.15) is 0 Å². The highest BCUT2D eigenvalue weighted by Gasteiger charge is 2.43. The molecule has 7 amide bonds. The van der Waals surface area contributed by atoms with Gasteiger partial charge < -0.3 is 50.2 Å². The molecule has 0 unspecified atom stereocenters. The minimum atomic E-state index is -0.937. The topological polar surface area (TPSA) is 208 Å². The molecule has 2 aliphatic rings. The van der Waals surface area contributed by atoms with E-state index in [-0.39, 0.29) is 54.0 Å². The van der Waals surface area contributed by atoms with E-state index in [1.165, 1.54) is 6.92 Å². The monoisotopic (exact) mass is 957 g/mol. The molecular formula is C50H84N8O10. The molecule has 18 nitrogen and oxygen atoms in total. The number of amides is 7. The molecule has 3 rings (SSSR count). The second-order valence-corrected chi connectivity index (χ2v) is 20.3. The first-order valence-electron chi connectivity index (χ1n) is 24.4. The predicted molar refractivity (Wildman–Crippen MR) is 261 cm³/mol. The highest BCUT2D eigenvalue weighted by atomic mass is 16.6. The number of carbonyl (C=O) groups is 7. The standard InChI is InChI=1S/C50H84N8O10/c1-16-31(4)42(57(13)48(64)41(30(2)3)54-46(62)38-23-18-25-55(38)11)39(66-14)29-40(59)58-26-19-22-37(58)43(67-15)32(5)47(63)56(12)27-24-35-20-17-21-36(28-35)53-45(61)33(6)51-44(60)34(7)52-49(65)68-50(8,9)10/h17,20-21,28,30-34,37-39,41-43H,16,18-19,22-27,29H2,1-15H3,(H,51,60)(H,52,65)(H,53,61)(H,54,62)/t31-,32+,33-,34-,37-,38+,39+,41-,42-,43+/m0/s1. The van der Waals surface area contributed by atoms with Gasteiger partial charge in [-0.1, -0.05) is 53.2 Å². The Morgan fingerprint density at radius 1 is 0.838 bits per heavy atom. The number of likely N-dealkylation sites (tertiary alicyclic amines) is 2. The Kier molecular flexibility index (Phi) is 22.2. The van der Waals surface area contributed by atoms with Gasteiger partial charge in [-0.05, 0) is 110 Å². The van der Waals surface area contributed by atoms with E-state index in [0.717, 1.165) is 37.8 Å². The second kappa shape index (κ2) is 26.2. The molecule has 2 aliphatic heterocycles. The predicted octanol–water partition coefficient (Wildman–Crippen LogP) is 4.20. The largest absolute Gasteiger partial charge is 0.444 e. The van der Waals surface area contributed by atoms with E-state index in [0.29, 0.717) is 31.6 Å². The lowest BCUT2D eigenvalue weighted by Gasteiger charge is -2.41. The van der Waals surface area contributed by atoms with E-state index >= 15 is 0 Å². The first-order chi connectivity index (χ1) is 31.8. The molecule has 0 aromatic heterocycles. The zero-order valence-corrected chi connectivity index (χ0v) is 43.6. The van der Waals surface area contributed by atoms with Crippen molar-refractivity contribution in [1.29, 1.82) is 0 Å². The minimum Gasteiger partial charge on any atom is -0.444 e. The van der Waals surface area contributed by atoms with Crippen LogP contribution in [0.15, 0.2) is 24.3 Å². The Morgan fingerprint density at radius 3 is 2.06 bits per heavy atom. The third kappa shape index (κ3) is 16.1. The van der Waals surface area contributed by atoms with Gasteiger partial charge in [0, 0.05) is 47.1 Å². The number of methoxy groups -OCH3 is 2. The van der Waals surface area contributed by atoms with Crippen molar-refractivity contribution in [3.63, 3.8) is 0 Å². The van der Waals surface area contributed by atoms with Crippen molar-refractivity contribution in [3.8, 4) is 0 Å². The minimum absolute atomic E-state index is 0.0173. The highest BCUT2D eigenvalue weighted by molar-refractivity contribution is 5.98. The number of nitrogens with one attached hydrogen (secondary N) is 4. The number of hydrogen-bond donors (Lipinski definition) is 4. The lowest BCUT2D eigenvalue weighted by atomic mass is 9.89. The van der Waals surface area contributed by atoms with E-state index < -0.39 is 65.8 Å². The number of carbonyl (C=O) groups excluding carboxylic acids is 7. The Morgan fingerprint density at radius 2 is 1.49 bits per heavy atom. The molecule has 2 fully saturated rings. The molecule has 4 N–H and O–H groups in total. The van der Waals surface area contributed by atoms with Gasteiger partial charge in [-0.3, -0.25) is 33.7 Å². The number of alkyl carbamates (subject to hydrolysis) is 1. The SMILES string of the molecule is CC[C@H](C)[C@@H]([C@@H](CC(=O)N1CCC[C@H]1[C@H](OC)[C@@H](C)C(=O)N(C)CCc1cccc(NC(=O)[C@H](C)NC(=O)[C@H](C)NC(=O)OC(C)(C)C)c1)OC)N(C)C(=O)[C@@H](NC(=O)[C@H]1CCCN1C)C(C)C. The molecule has 1 aromatic rings. The zero-order valence-electron chi connectivity index (χ0n) is 43.6. The van der Waals surface area contributed by atoms with Gasteiger partial charge in [0.15, 0.2) is 0 Å². The van der Waals surface area contributed by atoms with Gasteiger partial charge in [-0.25, -0.2) is 4.79 Å². The molecule has 0 bridgehead atoms. The lowest BCUT2D eigenvalue weighted by molar-refractivity contribution is -0.149. The molecule has 0 saturated carbocycles. The fourth-order valence-electron chi connectivity index (χ4n) is 9.28. The molecule has 10 atom stereocenters. The fourth-order valence-corrected chi connectivity index (χ4v) is 9.28. The summed E-state index contributed by atoms with van der Waals surface area (Å²) < 4.78 is 17.3. The highest BCUT2D eigenvalue weighted by Crippen LogP contribution is 2.30. The van der Waals surface area contributed by atoms with E-state index in [9.17, 15) is 33.6 Å². The van der Waals surface area contributed by atoms with Gasteiger partial charge in [-0.15, -0.1) is 0 Å². The normalized spacial score (nSPS) is 20.0. The molecule has 68 heavy (non-hydrogen) atoms. The van der Waals surface area contributed by atoms with Gasteiger partial charge in [0.2, 0.25) is 35.4 Å². The van der Waals surface area contributed by atoms with Crippen LogP contribution in [0.25, 0.3) is 0 Å². The smallest absolute Gasteiger partial charge is 0.408 e. The lowest BCUT2D eigenvalue weighted by Crippen LogP contribution is -2.59. The number of rotatable bonds is 23. The maximum Gasteiger partial charge on any atom is 0.408 e. The van der Waals surface area contributed by atoms with Crippen LogP contribution in [-0.2, 0) is 49.4 Å². The summed E-state index contributed by atoms with van der Waals surface area (Å²) in [7, 11) is 8.52. The summed E-state index contributed by atoms with van der Waals surface area (Å²) in [6.07, 6.45) is 2.35. The Balaban J connectivity index is 1.63. The van der Waals surface area contributed by atoms with Crippen molar-refractivity contribution in [2.45, 2.75) is 168 Å². The quantitative estimate of drug-likeness (QED) is 0.122. The summed E-state index contributed by atoms with van der Waals surface area (Å²) in [5, 5.41) is 10.9. The van der Waals surface area contributed by atoms with Crippen LogP contribution in [0, 0.1) is 17.8 Å². The summed E-state index contributed by atoms with van der Waals surface area (Å²) in [5.41, 5.74) is 0.656. The van der Waals surface area contributed by atoms with Crippen LogP contribution < -0.4 is 21.3 Å². The molecule has 2 saturated heterocycles. The van der Waals surface area contributed by atoms with Gasteiger partial charge in [0.05, 0.1) is 42.7 Å². The van der Waals surface area contributed by atoms with Crippen molar-refractivity contribution in [2.24, 2.45) is 17.8 Å². The van der Waals surface area contributed by atoms with Crippen molar-refractivity contribution < 1.29 is 47.8 Å². The van der Waals surface area contributed by atoms with Crippen LogP contribution in [0.3, 0.4) is 0 Å². The van der Waals surface area contributed by atoms with Crippen LogP contribution in [-0.4, -0.2) is 170 Å². The fraction of sp³-hybridized carbons (Fsp3) is 0.740. The summed E-state index contributed by atoms with van der Waals surface area (Å²) in [5.74, 6) is -2.45. The Bertz CT molecular complexity index is 1870. The van der Waals surface area contributed by atoms with E-state index in [4.69, 9.17) is 14.2 Å². The summed E-state index contributed by atoms with van der Waals surface area (Å²) in [6, 6.07) is 3.56. The first-order valence-corrected chi connectivity index (χ1v) is 24.4. The van der Waals surface area contributed by atoms with Crippen molar-refractivity contribution in [1.82, 2.24) is 35.6 Å². The molecular weight excluding hydrogens is 873 g/mol. The van der Waals surface area contributed by atoms with Crippen LogP contribution in [0.2, 0.25) is 0 Å². The second-order valence-electron chi connectivity index (χ2n) is 20.3. The number of hydrogen-bond acceptors (Lipinski definition) is 11.